The summed E-state index contributed by atoms with van der Waals surface area (Å²) in [6.45, 7) is 6.66. The van der Waals surface area contributed by atoms with Gasteiger partial charge in [0.2, 0.25) is 0 Å². The van der Waals surface area contributed by atoms with Crippen molar-refractivity contribution in [2.45, 2.75) is 26.2 Å². The van der Waals surface area contributed by atoms with E-state index < -0.39 is 0 Å². The van der Waals surface area contributed by atoms with Gasteiger partial charge < -0.3 is 8.83 Å². The highest BCUT2D eigenvalue weighted by Gasteiger charge is 2.16. The summed E-state index contributed by atoms with van der Waals surface area (Å²) >= 11 is 0. The smallest absolute Gasteiger partial charge is 0.153 e. The fraction of sp³-hybridized carbons (Fsp3) is 0.138. The van der Waals surface area contributed by atoms with Crippen LogP contribution in [0.25, 0.3) is 55.5 Å². The molecule has 3 heterocycles. The molecule has 6 rings (SSSR count). The van der Waals surface area contributed by atoms with Gasteiger partial charge in [-0.25, -0.2) is 0 Å². The molecular weight excluding hydrogens is 394 g/mol. The Morgan fingerprint density at radius 1 is 0.719 bits per heavy atom. The zero-order valence-electron chi connectivity index (χ0n) is 18.3. The van der Waals surface area contributed by atoms with Crippen molar-refractivity contribution in [2.75, 3.05) is 0 Å². The minimum absolute atomic E-state index is 0.128. The Morgan fingerprint density at radius 3 is 2.31 bits per heavy atom. The lowest BCUT2D eigenvalue weighted by Crippen LogP contribution is -2.10. The van der Waals surface area contributed by atoms with Crippen molar-refractivity contribution in [1.29, 1.82) is 0 Å². The maximum atomic E-state index is 6.20. The molecule has 0 spiro atoms. The molecule has 3 aromatic carbocycles. The zero-order valence-corrected chi connectivity index (χ0v) is 18.3. The monoisotopic (exact) mass is 417 g/mol. The number of fused-ring (bicyclic) bond motifs is 4. The van der Waals surface area contributed by atoms with Crippen molar-refractivity contribution in [2.24, 2.45) is 0 Å². The first kappa shape index (κ1) is 18.9. The fourth-order valence-electron chi connectivity index (χ4n) is 4.32. The van der Waals surface area contributed by atoms with Gasteiger partial charge >= 0.3 is 0 Å². The summed E-state index contributed by atoms with van der Waals surface area (Å²) in [7, 11) is 0. The summed E-state index contributed by atoms with van der Waals surface area (Å²) in [6, 6.07) is 27.1. The Kier molecular flexibility index (Phi) is 4.03. The minimum Gasteiger partial charge on any atom is -0.455 e. The van der Waals surface area contributed by atoms with E-state index in [1.54, 1.807) is 6.20 Å². The summed E-state index contributed by atoms with van der Waals surface area (Å²) in [6.07, 6.45) is 1.80. The van der Waals surface area contributed by atoms with Crippen molar-refractivity contribution in [3.05, 3.63) is 90.6 Å². The van der Waals surface area contributed by atoms with Crippen molar-refractivity contribution in [1.82, 2.24) is 4.98 Å². The first-order valence-electron chi connectivity index (χ1n) is 10.9. The second-order valence-electron chi connectivity index (χ2n) is 9.33. The molecule has 0 saturated heterocycles. The molecule has 0 aliphatic rings. The normalized spacial score (nSPS) is 12.2. The lowest BCUT2D eigenvalue weighted by atomic mass is 9.86. The largest absolute Gasteiger partial charge is 0.455 e. The third-order valence-corrected chi connectivity index (χ3v) is 6.12. The van der Waals surface area contributed by atoms with Gasteiger partial charge in [-0.05, 0) is 35.2 Å². The Hall–Kier alpha value is -3.85. The van der Waals surface area contributed by atoms with Crippen LogP contribution >= 0.6 is 0 Å². The first-order chi connectivity index (χ1) is 15.5. The van der Waals surface area contributed by atoms with Crippen molar-refractivity contribution >= 4 is 32.9 Å². The molecule has 0 aliphatic heterocycles. The number of para-hydroxylation sites is 2. The van der Waals surface area contributed by atoms with Crippen molar-refractivity contribution in [3.63, 3.8) is 0 Å². The van der Waals surface area contributed by atoms with Crippen LogP contribution in [0, 0.1) is 0 Å². The molecule has 32 heavy (non-hydrogen) atoms. The van der Waals surface area contributed by atoms with Gasteiger partial charge in [0.1, 0.15) is 16.9 Å². The molecule has 3 heteroatoms. The number of aromatic nitrogens is 1. The second-order valence-corrected chi connectivity index (χ2v) is 9.33. The van der Waals surface area contributed by atoms with Gasteiger partial charge in [0.15, 0.2) is 5.58 Å². The molecule has 0 aliphatic carbocycles. The van der Waals surface area contributed by atoms with Crippen molar-refractivity contribution in [3.8, 4) is 22.6 Å². The summed E-state index contributed by atoms with van der Waals surface area (Å²) in [5.41, 5.74) is 6.89. The molecule has 3 aromatic heterocycles. The molecule has 0 saturated carbocycles. The number of pyridine rings is 1. The van der Waals surface area contributed by atoms with Gasteiger partial charge in [-0.3, -0.25) is 4.98 Å². The van der Waals surface area contributed by atoms with Crippen LogP contribution in [-0.4, -0.2) is 4.98 Å². The number of rotatable bonds is 2. The van der Waals surface area contributed by atoms with E-state index in [9.17, 15) is 0 Å². The van der Waals surface area contributed by atoms with Crippen LogP contribution in [0.1, 0.15) is 26.3 Å². The molecule has 0 amide bonds. The molecule has 0 fully saturated rings. The summed E-state index contributed by atoms with van der Waals surface area (Å²) in [5, 5.41) is 3.25. The molecule has 0 atom stereocenters. The number of furan rings is 2. The van der Waals surface area contributed by atoms with E-state index in [0.717, 1.165) is 55.5 Å². The maximum Gasteiger partial charge on any atom is 0.153 e. The molecule has 156 valence electrons. The molecule has 0 N–H and O–H groups in total. The molecule has 0 radical (unpaired) electrons. The molecular formula is C29H23NO2. The van der Waals surface area contributed by atoms with E-state index in [1.165, 1.54) is 5.56 Å². The number of benzene rings is 3. The highest BCUT2D eigenvalue weighted by Crippen LogP contribution is 2.37. The van der Waals surface area contributed by atoms with E-state index >= 15 is 0 Å². The third kappa shape index (κ3) is 3.01. The van der Waals surface area contributed by atoms with E-state index in [0.29, 0.717) is 0 Å². The van der Waals surface area contributed by atoms with E-state index in [4.69, 9.17) is 13.8 Å². The molecule has 3 nitrogen and oxygen atoms in total. The molecule has 0 bridgehead atoms. The second kappa shape index (κ2) is 6.83. The fourth-order valence-corrected chi connectivity index (χ4v) is 4.32. The standard InChI is InChI=1S/C29H23NO2/c1-29(2,3)20-13-11-18(12-14-20)26-16-19-15-24(30-17-27(19)31-26)23-9-6-8-22-21-7-4-5-10-25(21)32-28(22)23/h4-17H,1-3H3. The summed E-state index contributed by atoms with van der Waals surface area (Å²) in [5.74, 6) is 0.848. The average Bonchev–Trinajstić information content (AvgIpc) is 3.39. The first-order valence-corrected chi connectivity index (χ1v) is 10.9. The third-order valence-electron chi connectivity index (χ3n) is 6.12. The predicted octanol–water partition coefficient (Wildman–Crippen LogP) is 8.36. The van der Waals surface area contributed by atoms with Gasteiger partial charge in [-0.2, -0.15) is 0 Å². The van der Waals surface area contributed by atoms with E-state index in [2.05, 4.69) is 81.4 Å². The highest BCUT2D eigenvalue weighted by molar-refractivity contribution is 6.09. The van der Waals surface area contributed by atoms with Gasteiger partial charge in [-0.1, -0.05) is 75.4 Å². The Balaban J connectivity index is 1.44. The van der Waals surface area contributed by atoms with Gasteiger partial charge in [0, 0.05) is 27.3 Å². The summed E-state index contributed by atoms with van der Waals surface area (Å²) < 4.78 is 12.3. The Morgan fingerprint density at radius 2 is 1.50 bits per heavy atom. The van der Waals surface area contributed by atoms with Crippen LogP contribution in [0.4, 0.5) is 0 Å². The molecule has 6 aromatic rings. The van der Waals surface area contributed by atoms with E-state index in [-0.39, 0.29) is 5.41 Å². The highest BCUT2D eigenvalue weighted by atomic mass is 16.3. The van der Waals surface area contributed by atoms with Crippen LogP contribution in [0.2, 0.25) is 0 Å². The van der Waals surface area contributed by atoms with Gasteiger partial charge in [-0.15, -0.1) is 0 Å². The number of nitrogens with zero attached hydrogens (tertiary/aromatic N) is 1. The van der Waals surface area contributed by atoms with Crippen molar-refractivity contribution < 1.29 is 8.83 Å². The topological polar surface area (TPSA) is 39.2 Å². The Labute approximate surface area is 186 Å². The minimum atomic E-state index is 0.128. The number of hydrogen-bond acceptors (Lipinski definition) is 3. The van der Waals surface area contributed by atoms with E-state index in [1.807, 2.05) is 18.2 Å². The van der Waals surface area contributed by atoms with Gasteiger partial charge in [0.25, 0.3) is 0 Å². The Bertz CT molecular complexity index is 1590. The summed E-state index contributed by atoms with van der Waals surface area (Å²) in [4.78, 5) is 4.70. The SMILES string of the molecule is CC(C)(C)c1ccc(-c2cc3cc(-c4cccc5c4oc4ccccc45)ncc3o2)cc1. The zero-order chi connectivity index (χ0) is 21.9. The van der Waals surface area contributed by atoms with Crippen LogP contribution in [0.3, 0.4) is 0 Å². The van der Waals surface area contributed by atoms with Crippen LogP contribution < -0.4 is 0 Å². The lowest BCUT2D eigenvalue weighted by molar-refractivity contribution is 0.590. The quantitative estimate of drug-likeness (QED) is 0.284. The number of hydrogen-bond donors (Lipinski definition) is 0. The molecule has 0 unspecified atom stereocenters. The van der Waals surface area contributed by atoms with Crippen LogP contribution in [0.15, 0.2) is 93.9 Å². The lowest BCUT2D eigenvalue weighted by Gasteiger charge is -2.18. The maximum absolute atomic E-state index is 6.20. The van der Waals surface area contributed by atoms with Crippen LogP contribution in [0.5, 0.6) is 0 Å². The predicted molar refractivity (Wildman–Crippen MR) is 131 cm³/mol. The average molecular weight is 418 g/mol. The van der Waals surface area contributed by atoms with Gasteiger partial charge in [0.05, 0.1) is 11.9 Å². The van der Waals surface area contributed by atoms with Crippen LogP contribution in [-0.2, 0) is 5.41 Å².